The van der Waals surface area contributed by atoms with Crippen LogP contribution in [0.15, 0.2) is 0 Å². The number of nitrogens with zero attached hydrogens (tertiary/aromatic N) is 3. The number of carbonyl (C=O) groups excluding carboxylic acids is 10. The Morgan fingerprint density at radius 2 is 1.01 bits per heavy atom. The van der Waals surface area contributed by atoms with Crippen LogP contribution in [0.3, 0.4) is 0 Å². The third kappa shape index (κ3) is 15.9. The van der Waals surface area contributed by atoms with Crippen LogP contribution in [0.2, 0.25) is 0 Å². The van der Waals surface area contributed by atoms with E-state index in [1.54, 1.807) is 13.8 Å². The molecule has 0 aromatic rings. The van der Waals surface area contributed by atoms with Gasteiger partial charge in [0, 0.05) is 32.5 Å². The number of hydrogen-bond donors (Lipinski definition) is 11. The summed E-state index contributed by atoms with van der Waals surface area (Å²) in [6, 6.07) is -12.1. The van der Waals surface area contributed by atoms with Crippen LogP contribution in [0.4, 0.5) is 0 Å². The lowest BCUT2D eigenvalue weighted by molar-refractivity contribution is -0.151. The van der Waals surface area contributed by atoms with Gasteiger partial charge < -0.3 is 73.8 Å². The average molecular weight is 952 g/mol. The molecule has 3 aliphatic heterocycles. The molecule has 14 N–H and O–H groups in total. The fourth-order valence-corrected chi connectivity index (χ4v) is 8.23. The fraction of sp³-hybridized carbons (Fsp3) is 0.707. The maximum Gasteiger partial charge on any atom is 0.326 e. The Bertz CT molecular complexity index is 1900. The highest BCUT2D eigenvalue weighted by atomic mass is 16.4. The van der Waals surface area contributed by atoms with Crippen molar-refractivity contribution in [2.24, 2.45) is 23.1 Å². The summed E-state index contributed by atoms with van der Waals surface area (Å²) in [6.07, 6.45) is -1.18. The standard InChI is InChI=1S/C41H65N11O15/c1-20(2)17-25(41(66)67)48-35(60)23(11-13-32(56)57)45-36(61)24(18-31(44)55)47-34(59)22(10-12-30(43)54)46-37(62)27-7-4-14-50(27)39(64)29-9-6-16-52(29)40(65)28-8-5-15-51(28)38(63)26(19-53)49-33(58)21(3)42/h20-29,53H,4-19,42H2,1-3H3,(H2,43,54)(H2,44,55)(H,45,61)(H,46,62)(H,47,59)(H,48,60)(H,49,58)(H,56,57)(H,66,67)/t21-,22-,23-,24-,25-,26-,27-,28-,29-/m0/s1. The molecule has 0 aromatic carbocycles. The minimum absolute atomic E-state index is 0.0136. The van der Waals surface area contributed by atoms with E-state index >= 15 is 0 Å². The summed E-state index contributed by atoms with van der Waals surface area (Å²) in [5, 5.41) is 40.4. The molecule has 0 aliphatic carbocycles. The van der Waals surface area contributed by atoms with Crippen LogP contribution < -0.4 is 43.8 Å². The van der Waals surface area contributed by atoms with E-state index in [2.05, 4.69) is 26.6 Å². The van der Waals surface area contributed by atoms with Gasteiger partial charge in [0.05, 0.1) is 19.1 Å². The third-order valence-corrected chi connectivity index (χ3v) is 11.6. The number of aliphatic carboxylic acids is 2. The van der Waals surface area contributed by atoms with Gasteiger partial charge in [-0.25, -0.2) is 4.79 Å². The van der Waals surface area contributed by atoms with Gasteiger partial charge in [0.25, 0.3) is 0 Å². The van der Waals surface area contributed by atoms with Crippen molar-refractivity contribution in [2.45, 2.75) is 152 Å². The SMILES string of the molecule is CC(C)C[C@H](NC(=O)[C@H](CCC(=O)O)NC(=O)[C@H](CC(N)=O)NC(=O)[C@H](CCC(N)=O)NC(=O)[C@@H]1CCCN1C(=O)[C@@H]1CCCN1C(=O)[C@@H]1CCCN1C(=O)[C@H](CO)NC(=O)[C@H](C)N)C(=O)O. The molecule has 3 heterocycles. The number of rotatable bonds is 25. The Hall–Kier alpha value is -6.44. The summed E-state index contributed by atoms with van der Waals surface area (Å²) in [6.45, 7) is 4.44. The van der Waals surface area contributed by atoms with Crippen molar-refractivity contribution in [3.63, 3.8) is 0 Å². The second-order valence-electron chi connectivity index (χ2n) is 17.4. The van der Waals surface area contributed by atoms with Gasteiger partial charge in [0.2, 0.25) is 59.1 Å². The topological polar surface area (TPSA) is 413 Å². The van der Waals surface area contributed by atoms with Gasteiger partial charge in [0.1, 0.15) is 48.3 Å². The van der Waals surface area contributed by atoms with Gasteiger partial charge in [-0.05, 0) is 70.6 Å². The minimum Gasteiger partial charge on any atom is -0.481 e. The number of aliphatic hydroxyl groups is 1. The molecule has 0 bridgehead atoms. The predicted molar refractivity (Wildman–Crippen MR) is 231 cm³/mol. The minimum atomic E-state index is -1.84. The Balaban J connectivity index is 1.79. The van der Waals surface area contributed by atoms with Crippen LogP contribution in [0.5, 0.6) is 0 Å². The molecule has 26 nitrogen and oxygen atoms in total. The van der Waals surface area contributed by atoms with Gasteiger partial charge in [0.15, 0.2) is 0 Å². The van der Waals surface area contributed by atoms with Crippen molar-refractivity contribution in [1.29, 1.82) is 0 Å². The zero-order chi connectivity index (χ0) is 50.3. The number of carbonyl (C=O) groups is 12. The molecule has 0 saturated carbocycles. The number of amides is 10. The predicted octanol–water partition coefficient (Wildman–Crippen LogP) is -5.14. The lowest BCUT2D eigenvalue weighted by Gasteiger charge is -2.35. The number of aliphatic hydroxyl groups excluding tert-OH is 1. The van der Waals surface area contributed by atoms with E-state index in [-0.39, 0.29) is 51.2 Å². The van der Waals surface area contributed by atoms with Gasteiger partial charge in [-0.1, -0.05) is 13.8 Å². The van der Waals surface area contributed by atoms with Gasteiger partial charge in [-0.2, -0.15) is 0 Å². The van der Waals surface area contributed by atoms with E-state index in [1.807, 2.05) is 0 Å². The van der Waals surface area contributed by atoms with E-state index in [0.717, 1.165) is 0 Å². The van der Waals surface area contributed by atoms with E-state index in [1.165, 1.54) is 21.6 Å². The number of nitrogens with two attached hydrogens (primary N) is 3. The summed E-state index contributed by atoms with van der Waals surface area (Å²) >= 11 is 0. The molecule has 0 aromatic heterocycles. The highest BCUT2D eigenvalue weighted by Crippen LogP contribution is 2.29. The second kappa shape index (κ2) is 25.5. The molecule has 0 radical (unpaired) electrons. The van der Waals surface area contributed by atoms with E-state index in [9.17, 15) is 72.9 Å². The lowest BCUT2D eigenvalue weighted by atomic mass is 10.0. The van der Waals surface area contributed by atoms with Crippen molar-refractivity contribution in [2.75, 3.05) is 26.2 Å². The molecular formula is C41H65N11O15. The number of nitrogens with one attached hydrogen (secondary N) is 5. The molecule has 26 heteroatoms. The van der Waals surface area contributed by atoms with Gasteiger partial charge >= 0.3 is 11.9 Å². The second-order valence-corrected chi connectivity index (χ2v) is 17.4. The van der Waals surface area contributed by atoms with E-state index < -0.39 is 164 Å². The first-order chi connectivity index (χ1) is 31.5. The van der Waals surface area contributed by atoms with Crippen molar-refractivity contribution in [3.05, 3.63) is 0 Å². The van der Waals surface area contributed by atoms with Crippen molar-refractivity contribution < 1.29 is 72.9 Å². The van der Waals surface area contributed by atoms with Crippen LogP contribution in [-0.4, -0.2) is 182 Å². The normalized spacial score (nSPS) is 20.7. The zero-order valence-electron chi connectivity index (χ0n) is 37.9. The van der Waals surface area contributed by atoms with Crippen molar-refractivity contribution in [1.82, 2.24) is 41.3 Å². The Morgan fingerprint density at radius 1 is 0.567 bits per heavy atom. The maximum absolute atomic E-state index is 14.2. The Kier molecular flexibility index (Phi) is 20.9. The smallest absolute Gasteiger partial charge is 0.326 e. The van der Waals surface area contributed by atoms with Crippen LogP contribution >= 0.6 is 0 Å². The monoisotopic (exact) mass is 951 g/mol. The highest BCUT2D eigenvalue weighted by molar-refractivity contribution is 5.99. The lowest BCUT2D eigenvalue weighted by Crippen LogP contribution is -2.60. The van der Waals surface area contributed by atoms with Crippen molar-refractivity contribution in [3.8, 4) is 0 Å². The summed E-state index contributed by atoms with van der Waals surface area (Å²) < 4.78 is 0. The molecule has 67 heavy (non-hydrogen) atoms. The number of carboxylic acid groups (broad SMARTS) is 2. The Labute approximate surface area is 386 Å². The first-order valence-electron chi connectivity index (χ1n) is 22.3. The van der Waals surface area contributed by atoms with E-state index in [0.29, 0.717) is 19.3 Å². The van der Waals surface area contributed by atoms with Crippen LogP contribution in [0.1, 0.15) is 97.8 Å². The molecule has 10 amide bonds. The molecule has 0 unspecified atom stereocenters. The van der Waals surface area contributed by atoms with E-state index in [4.69, 9.17) is 17.2 Å². The highest BCUT2D eigenvalue weighted by Gasteiger charge is 2.47. The van der Waals surface area contributed by atoms with Crippen LogP contribution in [0, 0.1) is 5.92 Å². The Morgan fingerprint density at radius 3 is 1.51 bits per heavy atom. The molecule has 0 spiro atoms. The molecule has 374 valence electrons. The largest absolute Gasteiger partial charge is 0.481 e. The fourth-order valence-electron chi connectivity index (χ4n) is 8.23. The summed E-state index contributed by atoms with van der Waals surface area (Å²) in [5.74, 6) is -11.7. The summed E-state index contributed by atoms with van der Waals surface area (Å²) in [7, 11) is 0. The summed E-state index contributed by atoms with van der Waals surface area (Å²) in [5.41, 5.74) is 16.3. The number of hydrogen-bond acceptors (Lipinski definition) is 14. The van der Waals surface area contributed by atoms with Crippen LogP contribution in [0.25, 0.3) is 0 Å². The first kappa shape index (κ1) is 54.9. The first-order valence-corrected chi connectivity index (χ1v) is 22.3. The molecule has 3 rings (SSSR count). The zero-order valence-corrected chi connectivity index (χ0v) is 37.9. The van der Waals surface area contributed by atoms with Crippen LogP contribution in [-0.2, 0) is 57.5 Å². The molecular weight excluding hydrogens is 887 g/mol. The maximum atomic E-state index is 14.2. The summed E-state index contributed by atoms with van der Waals surface area (Å²) in [4.78, 5) is 160. The quantitative estimate of drug-likeness (QED) is 0.0408. The molecule has 3 saturated heterocycles. The number of carboxylic acids is 2. The van der Waals surface area contributed by atoms with Gasteiger partial charge in [-0.15, -0.1) is 0 Å². The van der Waals surface area contributed by atoms with Crippen molar-refractivity contribution >= 4 is 71.0 Å². The average Bonchev–Trinajstić information content (AvgIpc) is 4.06. The number of likely N-dealkylation sites (tertiary alicyclic amines) is 3. The molecule has 3 aliphatic rings. The molecule has 3 fully saturated rings. The number of primary amides is 2. The molecule has 9 atom stereocenters. The third-order valence-electron chi connectivity index (χ3n) is 11.6. The van der Waals surface area contributed by atoms with Gasteiger partial charge in [-0.3, -0.25) is 52.7 Å².